The molecule has 3 nitrogen and oxygen atoms in total. The van der Waals surface area contributed by atoms with E-state index in [0.29, 0.717) is 5.92 Å². The third-order valence-electron chi connectivity index (χ3n) is 14.5. The minimum Gasteiger partial charge on any atom is -0.458 e. The van der Waals surface area contributed by atoms with Gasteiger partial charge >= 0.3 is 0 Å². The smallest absolute Gasteiger partial charge is 0.258 e. The monoisotopic (exact) mass is 642 g/mol. The van der Waals surface area contributed by atoms with Gasteiger partial charge in [0.2, 0.25) is 0 Å². The number of hydrogen-bond acceptors (Lipinski definition) is 3. The van der Waals surface area contributed by atoms with E-state index in [4.69, 9.17) is 9.72 Å². The van der Waals surface area contributed by atoms with Crippen molar-refractivity contribution < 1.29 is 4.74 Å². The number of fused-ring (bicyclic) bond motifs is 7. The summed E-state index contributed by atoms with van der Waals surface area (Å²) < 4.78 is 7.23. The lowest BCUT2D eigenvalue weighted by Gasteiger charge is -2.51. The second-order valence-corrected chi connectivity index (χ2v) is 18.5. The zero-order chi connectivity index (χ0) is 33.2. The molecule has 3 saturated carbocycles. The maximum atomic E-state index is 7.23. The predicted molar refractivity (Wildman–Crippen MR) is 201 cm³/mol. The average molecular weight is 643 g/mol. The molecule has 0 radical (unpaired) electrons. The first-order chi connectivity index (χ1) is 23.5. The summed E-state index contributed by atoms with van der Waals surface area (Å²) in [6.07, 6.45) is 7.79. The third kappa shape index (κ3) is 3.74. The van der Waals surface area contributed by atoms with Crippen LogP contribution in [-0.4, -0.2) is 11.7 Å². The molecule has 7 aliphatic rings. The molecule has 3 heterocycles. The lowest BCUT2D eigenvalue weighted by molar-refractivity contribution is 0.0704. The molecule has 6 atom stereocenters. The van der Waals surface area contributed by atoms with Gasteiger partial charge in [-0.05, 0) is 125 Å². The van der Waals surface area contributed by atoms with Crippen molar-refractivity contribution in [3.8, 4) is 11.5 Å². The van der Waals surface area contributed by atoms with Crippen molar-refractivity contribution >= 4 is 40.3 Å². The number of ether oxygens (including phenoxy) is 1. The van der Waals surface area contributed by atoms with Crippen LogP contribution in [0.25, 0.3) is 0 Å². The molecule has 4 aromatic rings. The van der Waals surface area contributed by atoms with Crippen LogP contribution in [0, 0.1) is 29.6 Å². The molecule has 4 heteroatoms. The van der Waals surface area contributed by atoms with Crippen molar-refractivity contribution in [2.24, 2.45) is 29.6 Å². The highest BCUT2D eigenvalue weighted by atomic mass is 16.5. The van der Waals surface area contributed by atoms with Gasteiger partial charge in [-0.15, -0.1) is 0 Å². The Bertz CT molecular complexity index is 2150. The SMILES string of the molecule is CC1CC2C[C@@H](C)C3=C4C[C@@]4(c4cc5c6c(n4)N(c4ccccc4)c4ccccc4B6c4cc6c(cc4O5)C(C)(C)CC6(C)C)CC1[C@@H]3C2. The van der Waals surface area contributed by atoms with Gasteiger partial charge in [0, 0.05) is 28.3 Å². The van der Waals surface area contributed by atoms with Crippen molar-refractivity contribution in [2.45, 2.75) is 96.3 Å². The number of aromatic nitrogens is 1. The molecule has 2 aliphatic heterocycles. The lowest BCUT2D eigenvalue weighted by atomic mass is 9.34. The summed E-state index contributed by atoms with van der Waals surface area (Å²) in [7, 11) is 0. The van der Waals surface area contributed by atoms with Crippen LogP contribution in [0.3, 0.4) is 0 Å². The highest BCUT2D eigenvalue weighted by Crippen LogP contribution is 2.70. The van der Waals surface area contributed by atoms with Crippen LogP contribution in [0.1, 0.15) is 96.9 Å². The minimum atomic E-state index is 0.0527. The standard InChI is InChI=1S/C45H47BN2O/c1-25-16-27-17-26(2)40-29(18-27)30(25)22-45(23-33(40)45)39-21-38-41-42(47-39)48(28-12-8-7-9-13-28)36-15-11-10-14-34(36)46(41)35-19-31-32(20-37(35)49-38)44(5,6)24-43(31,3)4/h7-15,19-21,25-27,29-30H,16-18,22-24H2,1-6H3/t25?,26-,27?,29+,30?,45+/m1/s1. The number of pyridine rings is 1. The van der Waals surface area contributed by atoms with Gasteiger partial charge in [0.05, 0.1) is 5.69 Å². The third-order valence-corrected chi connectivity index (χ3v) is 14.5. The lowest BCUT2D eigenvalue weighted by Crippen LogP contribution is -2.60. The van der Waals surface area contributed by atoms with Gasteiger partial charge < -0.3 is 4.74 Å². The fourth-order valence-corrected chi connectivity index (χ4v) is 12.8. The Hall–Kier alpha value is -3.79. The van der Waals surface area contributed by atoms with Gasteiger partial charge in [-0.1, -0.05) is 95.2 Å². The van der Waals surface area contributed by atoms with E-state index in [-0.39, 0.29) is 23.0 Å². The van der Waals surface area contributed by atoms with Crippen LogP contribution in [0.4, 0.5) is 17.2 Å². The first kappa shape index (κ1) is 29.0. The maximum Gasteiger partial charge on any atom is 0.258 e. The van der Waals surface area contributed by atoms with E-state index in [1.165, 1.54) is 71.0 Å². The number of allylic oxidation sites excluding steroid dienone is 2. The van der Waals surface area contributed by atoms with E-state index in [0.717, 1.165) is 53.1 Å². The molecular formula is C45H47BN2O. The van der Waals surface area contributed by atoms with E-state index in [1.807, 2.05) is 5.57 Å². The van der Waals surface area contributed by atoms with E-state index < -0.39 is 0 Å². The van der Waals surface area contributed by atoms with Crippen molar-refractivity contribution in [3.63, 3.8) is 0 Å². The number of anilines is 3. The van der Waals surface area contributed by atoms with Crippen LogP contribution in [0.5, 0.6) is 11.5 Å². The fourth-order valence-electron chi connectivity index (χ4n) is 12.8. The fraction of sp³-hybridized carbons (Fsp3) is 0.444. The van der Waals surface area contributed by atoms with E-state index in [2.05, 4.69) is 119 Å². The molecule has 2 bridgehead atoms. The van der Waals surface area contributed by atoms with Crippen LogP contribution in [0.2, 0.25) is 0 Å². The van der Waals surface area contributed by atoms with Crippen LogP contribution < -0.4 is 26.0 Å². The summed E-state index contributed by atoms with van der Waals surface area (Å²) in [5, 5.41) is 0. The Labute approximate surface area is 292 Å². The summed E-state index contributed by atoms with van der Waals surface area (Å²) in [6, 6.07) is 27.3. The van der Waals surface area contributed by atoms with Crippen LogP contribution in [0.15, 0.2) is 83.9 Å². The van der Waals surface area contributed by atoms with Crippen molar-refractivity contribution in [1.82, 2.24) is 4.98 Å². The van der Waals surface area contributed by atoms with Gasteiger partial charge in [0.15, 0.2) is 0 Å². The molecule has 0 amide bonds. The zero-order valence-electron chi connectivity index (χ0n) is 29.9. The highest BCUT2D eigenvalue weighted by molar-refractivity contribution is 6.99. The van der Waals surface area contributed by atoms with E-state index in [9.17, 15) is 0 Å². The molecule has 3 fully saturated rings. The first-order valence-electron chi connectivity index (χ1n) is 19.1. The number of hydrogen-bond donors (Lipinski definition) is 0. The highest BCUT2D eigenvalue weighted by Gasteiger charge is 2.62. The molecule has 5 aliphatic carbocycles. The quantitative estimate of drug-likeness (QED) is 0.139. The number of nitrogens with zero attached hydrogens (tertiary/aromatic N) is 2. The maximum absolute atomic E-state index is 7.23. The molecular weight excluding hydrogens is 595 g/mol. The van der Waals surface area contributed by atoms with E-state index >= 15 is 0 Å². The number of para-hydroxylation sites is 2. The Morgan fingerprint density at radius 1 is 0.816 bits per heavy atom. The van der Waals surface area contributed by atoms with Crippen LogP contribution >= 0.6 is 0 Å². The summed E-state index contributed by atoms with van der Waals surface area (Å²) in [4.78, 5) is 8.32. The number of rotatable bonds is 2. The Kier molecular flexibility index (Phi) is 5.50. The second kappa shape index (κ2) is 9.30. The van der Waals surface area contributed by atoms with Crippen molar-refractivity contribution in [1.29, 1.82) is 0 Å². The van der Waals surface area contributed by atoms with Gasteiger partial charge in [-0.2, -0.15) is 0 Å². The largest absolute Gasteiger partial charge is 0.458 e. The van der Waals surface area contributed by atoms with Gasteiger partial charge in [-0.3, -0.25) is 4.90 Å². The molecule has 0 saturated heterocycles. The van der Waals surface area contributed by atoms with Gasteiger partial charge in [0.1, 0.15) is 17.3 Å². The van der Waals surface area contributed by atoms with Crippen molar-refractivity contribution in [2.75, 3.05) is 4.90 Å². The Morgan fingerprint density at radius 2 is 1.57 bits per heavy atom. The minimum absolute atomic E-state index is 0.0527. The molecule has 0 spiro atoms. The molecule has 1 aromatic heterocycles. The summed E-state index contributed by atoms with van der Waals surface area (Å²) in [5.74, 6) is 7.11. The normalized spacial score (nSPS) is 31.6. The molecule has 3 aromatic carbocycles. The zero-order valence-corrected chi connectivity index (χ0v) is 29.9. The average Bonchev–Trinajstić information content (AvgIpc) is 3.78. The number of benzene rings is 3. The predicted octanol–water partition coefficient (Wildman–Crippen LogP) is 9.11. The molecule has 11 rings (SSSR count). The molecule has 49 heavy (non-hydrogen) atoms. The molecule has 246 valence electrons. The van der Waals surface area contributed by atoms with Crippen LogP contribution in [-0.2, 0) is 16.2 Å². The summed E-state index contributed by atoms with van der Waals surface area (Å²) in [6.45, 7) is 14.8. The van der Waals surface area contributed by atoms with Crippen molar-refractivity contribution in [3.05, 3.63) is 101 Å². The topological polar surface area (TPSA) is 25.4 Å². The second-order valence-electron chi connectivity index (χ2n) is 18.5. The summed E-state index contributed by atoms with van der Waals surface area (Å²) in [5.41, 5.74) is 14.3. The summed E-state index contributed by atoms with van der Waals surface area (Å²) >= 11 is 0. The van der Waals surface area contributed by atoms with E-state index in [1.54, 1.807) is 5.57 Å². The van der Waals surface area contributed by atoms with Gasteiger partial charge in [-0.25, -0.2) is 4.98 Å². The molecule has 3 unspecified atom stereocenters. The Morgan fingerprint density at radius 3 is 2.39 bits per heavy atom. The van der Waals surface area contributed by atoms with Gasteiger partial charge in [0.25, 0.3) is 6.71 Å². The Balaban J connectivity index is 1.17. The molecule has 0 N–H and O–H groups in total. The first-order valence-corrected chi connectivity index (χ1v) is 19.1.